The Morgan fingerprint density at radius 1 is 0.966 bits per heavy atom. The molecule has 29 heavy (non-hydrogen) atoms. The molecule has 150 valence electrons. The van der Waals surface area contributed by atoms with Gasteiger partial charge in [-0.05, 0) is 61.7 Å². The Hall–Kier alpha value is -2.76. The summed E-state index contributed by atoms with van der Waals surface area (Å²) in [5.74, 6) is -0.0480. The van der Waals surface area contributed by atoms with E-state index in [4.69, 9.17) is 32.4 Å². The molecule has 0 aliphatic heterocycles. The predicted molar refractivity (Wildman–Crippen MR) is 113 cm³/mol. The Kier molecular flexibility index (Phi) is 6.01. The van der Waals surface area contributed by atoms with Gasteiger partial charge in [0, 0.05) is 10.6 Å². The minimum atomic E-state index is -0.997. The molecule has 0 saturated heterocycles. The van der Waals surface area contributed by atoms with Crippen LogP contribution in [0.25, 0.3) is 22.5 Å². The molecule has 0 N–H and O–H groups in total. The highest BCUT2D eigenvalue weighted by atomic mass is 35.5. The average Bonchev–Trinajstić information content (AvgIpc) is 2.66. The fraction of sp³-hybridized carbons (Fsp3) is 0.182. The molecule has 0 spiro atoms. The SMILES string of the molecule is COC(=O)Oc1c(Cl)c(-c2ccc(Cl)cc2)oc(=O)c1-c1c(C)cc(C)cc1C. The number of carbonyl (C=O) groups excluding carboxylic acids is 1. The second-order valence-corrected chi connectivity index (χ2v) is 7.39. The Morgan fingerprint density at radius 3 is 2.10 bits per heavy atom. The predicted octanol–water partition coefficient (Wildman–Crippen LogP) is 6.35. The molecule has 5 nitrogen and oxygen atoms in total. The lowest BCUT2D eigenvalue weighted by Gasteiger charge is -2.16. The molecule has 1 heterocycles. The van der Waals surface area contributed by atoms with Gasteiger partial charge in [0.2, 0.25) is 0 Å². The lowest BCUT2D eigenvalue weighted by molar-refractivity contribution is 0.121. The van der Waals surface area contributed by atoms with Gasteiger partial charge in [0.25, 0.3) is 0 Å². The third kappa shape index (κ3) is 4.16. The number of ether oxygens (including phenoxy) is 2. The van der Waals surface area contributed by atoms with E-state index in [2.05, 4.69) is 4.74 Å². The van der Waals surface area contributed by atoms with E-state index in [0.29, 0.717) is 16.1 Å². The van der Waals surface area contributed by atoms with Crippen molar-refractivity contribution in [2.75, 3.05) is 7.11 Å². The summed E-state index contributed by atoms with van der Waals surface area (Å²) in [6.45, 7) is 5.67. The van der Waals surface area contributed by atoms with Crippen LogP contribution in [-0.2, 0) is 4.74 Å². The van der Waals surface area contributed by atoms with Gasteiger partial charge < -0.3 is 13.9 Å². The minimum absolute atomic E-state index is 0.0216. The van der Waals surface area contributed by atoms with Crippen LogP contribution < -0.4 is 10.4 Å². The second kappa shape index (κ2) is 8.31. The number of hydrogen-bond acceptors (Lipinski definition) is 5. The number of benzene rings is 2. The third-order valence-corrected chi connectivity index (χ3v) is 5.01. The van der Waals surface area contributed by atoms with Gasteiger partial charge in [0.05, 0.1) is 7.11 Å². The fourth-order valence-corrected chi connectivity index (χ4v) is 3.70. The minimum Gasteiger partial charge on any atom is -0.437 e. The summed E-state index contributed by atoms with van der Waals surface area (Å²) in [4.78, 5) is 24.9. The van der Waals surface area contributed by atoms with E-state index in [0.717, 1.165) is 16.7 Å². The van der Waals surface area contributed by atoms with Crippen LogP contribution in [0.2, 0.25) is 10.0 Å². The van der Waals surface area contributed by atoms with Crippen LogP contribution in [0.1, 0.15) is 16.7 Å². The summed E-state index contributed by atoms with van der Waals surface area (Å²) >= 11 is 12.5. The van der Waals surface area contributed by atoms with Crippen LogP contribution >= 0.6 is 23.2 Å². The van der Waals surface area contributed by atoms with Gasteiger partial charge in [0.1, 0.15) is 10.6 Å². The molecule has 0 fully saturated rings. The summed E-state index contributed by atoms with van der Waals surface area (Å²) in [7, 11) is 1.17. The maximum atomic E-state index is 13.0. The smallest absolute Gasteiger partial charge is 0.437 e. The average molecular weight is 433 g/mol. The standard InChI is InChI=1S/C22H18Cl2O5/c1-11-9-12(2)16(13(3)10-11)17-20(29-22(26)27-4)18(24)19(28-21(17)25)14-5-7-15(23)8-6-14/h5-10H,1-4H3. The van der Waals surface area contributed by atoms with E-state index >= 15 is 0 Å². The van der Waals surface area contributed by atoms with Crippen LogP contribution in [-0.4, -0.2) is 13.3 Å². The number of halogens is 2. The Balaban J connectivity index is 2.35. The monoisotopic (exact) mass is 432 g/mol. The van der Waals surface area contributed by atoms with Crippen molar-refractivity contribution in [2.24, 2.45) is 0 Å². The van der Waals surface area contributed by atoms with Crippen LogP contribution in [0.15, 0.2) is 45.6 Å². The third-order valence-electron chi connectivity index (χ3n) is 4.41. The first-order chi connectivity index (χ1) is 13.7. The number of rotatable bonds is 3. The molecule has 1 aromatic heterocycles. The van der Waals surface area contributed by atoms with Crippen LogP contribution in [0, 0.1) is 20.8 Å². The summed E-state index contributed by atoms with van der Waals surface area (Å²) in [6.07, 6.45) is -0.997. The molecule has 0 aliphatic carbocycles. The van der Waals surface area contributed by atoms with Crippen molar-refractivity contribution in [3.8, 4) is 28.2 Å². The summed E-state index contributed by atoms with van der Waals surface area (Å²) in [6, 6.07) is 10.4. The lowest BCUT2D eigenvalue weighted by atomic mass is 9.94. The normalized spacial score (nSPS) is 10.7. The summed E-state index contributed by atoms with van der Waals surface area (Å²) in [5.41, 5.74) is 3.15. The second-order valence-electron chi connectivity index (χ2n) is 6.57. The van der Waals surface area contributed by atoms with Gasteiger partial charge in [-0.3, -0.25) is 0 Å². The van der Waals surface area contributed by atoms with Crippen molar-refractivity contribution in [1.82, 2.24) is 0 Å². The Morgan fingerprint density at radius 2 is 1.55 bits per heavy atom. The van der Waals surface area contributed by atoms with Gasteiger partial charge in [-0.15, -0.1) is 0 Å². The molecule has 0 unspecified atom stereocenters. The van der Waals surface area contributed by atoms with E-state index in [-0.39, 0.29) is 22.1 Å². The first kappa shape index (κ1) is 21.0. The fourth-order valence-electron chi connectivity index (χ4n) is 3.29. The van der Waals surface area contributed by atoms with Crippen molar-refractivity contribution in [2.45, 2.75) is 20.8 Å². The van der Waals surface area contributed by atoms with E-state index in [9.17, 15) is 9.59 Å². The first-order valence-corrected chi connectivity index (χ1v) is 9.45. The van der Waals surface area contributed by atoms with Gasteiger partial charge in [-0.25, -0.2) is 9.59 Å². The molecule has 7 heteroatoms. The molecule has 0 radical (unpaired) electrons. The molecule has 0 saturated carbocycles. The van der Waals surface area contributed by atoms with Crippen molar-refractivity contribution in [3.05, 3.63) is 73.6 Å². The number of hydrogen-bond donors (Lipinski definition) is 0. The number of aryl methyl sites for hydroxylation is 3. The van der Waals surface area contributed by atoms with Gasteiger partial charge in [-0.1, -0.05) is 40.9 Å². The van der Waals surface area contributed by atoms with E-state index in [1.165, 1.54) is 7.11 Å². The van der Waals surface area contributed by atoms with Gasteiger partial charge >= 0.3 is 11.8 Å². The quantitative estimate of drug-likeness (QED) is 0.451. The number of carbonyl (C=O) groups is 1. The van der Waals surface area contributed by atoms with Crippen molar-refractivity contribution in [1.29, 1.82) is 0 Å². The highest BCUT2D eigenvalue weighted by Crippen LogP contribution is 2.42. The van der Waals surface area contributed by atoms with Crippen LogP contribution in [0.5, 0.6) is 5.75 Å². The Labute approximate surface area is 177 Å². The molecular weight excluding hydrogens is 415 g/mol. The van der Waals surface area contributed by atoms with Gasteiger partial charge in [0.15, 0.2) is 11.5 Å². The maximum absolute atomic E-state index is 13.0. The Bertz CT molecular complexity index is 1120. The molecule has 2 aromatic carbocycles. The zero-order chi connectivity index (χ0) is 21.3. The van der Waals surface area contributed by atoms with E-state index in [1.54, 1.807) is 24.3 Å². The zero-order valence-electron chi connectivity index (χ0n) is 16.3. The highest BCUT2D eigenvalue weighted by Gasteiger charge is 2.26. The van der Waals surface area contributed by atoms with Crippen LogP contribution in [0.3, 0.4) is 0 Å². The molecule has 3 aromatic rings. The van der Waals surface area contributed by atoms with Crippen molar-refractivity contribution in [3.63, 3.8) is 0 Å². The number of methoxy groups -OCH3 is 1. The highest BCUT2D eigenvalue weighted by molar-refractivity contribution is 6.35. The summed E-state index contributed by atoms with van der Waals surface area (Å²) in [5, 5.41) is 0.493. The van der Waals surface area contributed by atoms with Crippen LogP contribution in [0.4, 0.5) is 4.79 Å². The maximum Gasteiger partial charge on any atom is 0.513 e. The molecule has 0 amide bonds. The van der Waals surface area contributed by atoms with E-state index < -0.39 is 11.8 Å². The summed E-state index contributed by atoms with van der Waals surface area (Å²) < 4.78 is 15.5. The molecule has 0 bridgehead atoms. The van der Waals surface area contributed by atoms with Gasteiger partial charge in [-0.2, -0.15) is 0 Å². The molecule has 3 rings (SSSR count). The molecule has 0 atom stereocenters. The molecule has 0 aliphatic rings. The van der Waals surface area contributed by atoms with Crippen molar-refractivity contribution >= 4 is 29.4 Å². The molecular formula is C22H18Cl2O5. The zero-order valence-corrected chi connectivity index (χ0v) is 17.8. The van der Waals surface area contributed by atoms with E-state index in [1.807, 2.05) is 32.9 Å². The topological polar surface area (TPSA) is 65.7 Å². The first-order valence-electron chi connectivity index (χ1n) is 8.69. The lowest BCUT2D eigenvalue weighted by Crippen LogP contribution is -2.14. The largest absolute Gasteiger partial charge is 0.513 e. The van der Waals surface area contributed by atoms with Crippen molar-refractivity contribution < 1.29 is 18.7 Å².